The van der Waals surface area contributed by atoms with E-state index in [2.05, 4.69) is 20.7 Å². The zero-order chi connectivity index (χ0) is 11.3. The van der Waals surface area contributed by atoms with Crippen LogP contribution in [-0.2, 0) is 6.54 Å². The Morgan fingerprint density at radius 3 is 2.93 bits per heavy atom. The van der Waals surface area contributed by atoms with Gasteiger partial charge in [-0.05, 0) is 0 Å². The fourth-order valence-corrected chi connectivity index (χ4v) is 1.72. The summed E-state index contributed by atoms with van der Waals surface area (Å²) >= 11 is 6.97. The second-order valence-corrected chi connectivity index (χ2v) is 4.10. The predicted octanol–water partition coefficient (Wildman–Crippen LogP) is 0.457. The average Bonchev–Trinajstić information content (AvgIpc) is 2.58. The number of nitrogens with one attached hydrogen (secondary N) is 2. The molecular formula is C6H10ClN5O2S. The summed E-state index contributed by atoms with van der Waals surface area (Å²) in [4.78, 5) is 8.50. The third-order valence-corrected chi connectivity index (χ3v) is 2.50. The minimum atomic E-state index is -0.186. The molecule has 0 aliphatic heterocycles. The van der Waals surface area contributed by atoms with Gasteiger partial charge in [-0.3, -0.25) is 15.4 Å². The lowest BCUT2D eigenvalue weighted by Gasteiger charge is -2.12. The first-order valence-corrected chi connectivity index (χ1v) is 5.06. The Kier molecular flexibility index (Phi) is 4.72. The lowest BCUT2D eigenvalue weighted by Crippen LogP contribution is -2.44. The van der Waals surface area contributed by atoms with Gasteiger partial charge in [0.05, 0.1) is 6.54 Å². The summed E-state index contributed by atoms with van der Waals surface area (Å²) in [7, 11) is 1.50. The molecule has 0 aromatic carbocycles. The Morgan fingerprint density at radius 2 is 2.47 bits per heavy atom. The number of guanidine groups is 1. The number of hydrazine groups is 1. The van der Waals surface area contributed by atoms with E-state index >= 15 is 0 Å². The van der Waals surface area contributed by atoms with Gasteiger partial charge in [0.1, 0.15) is 0 Å². The molecule has 1 aromatic rings. The number of aliphatic imine (C=N–C) groups is 1. The second kappa shape index (κ2) is 5.83. The highest BCUT2D eigenvalue weighted by Crippen LogP contribution is 2.16. The van der Waals surface area contributed by atoms with Gasteiger partial charge in [0, 0.05) is 23.5 Å². The van der Waals surface area contributed by atoms with Crippen LogP contribution < -0.4 is 10.7 Å². The van der Waals surface area contributed by atoms with E-state index in [0.717, 1.165) is 4.88 Å². The highest BCUT2D eigenvalue weighted by Gasteiger charge is 2.03. The number of aromatic nitrogens is 1. The maximum atomic E-state index is 8.48. The minimum Gasteiger partial charge on any atom is -0.350 e. The maximum Gasteiger partial charge on any atom is 0.209 e. The smallest absolute Gasteiger partial charge is 0.209 e. The third-order valence-electron chi connectivity index (χ3n) is 1.38. The van der Waals surface area contributed by atoms with Crippen molar-refractivity contribution in [3.8, 4) is 0 Å². The molecule has 9 heteroatoms. The molecule has 0 bridgehead atoms. The van der Waals surface area contributed by atoms with Crippen LogP contribution in [-0.4, -0.2) is 33.7 Å². The van der Waals surface area contributed by atoms with Crippen LogP contribution in [0.4, 0.5) is 0 Å². The fourth-order valence-electron chi connectivity index (χ4n) is 0.799. The molecule has 1 aromatic heterocycles. The Bertz CT molecular complexity index is 342. The van der Waals surface area contributed by atoms with E-state index in [4.69, 9.17) is 22.0 Å². The van der Waals surface area contributed by atoms with Gasteiger partial charge in [-0.15, -0.1) is 11.3 Å². The van der Waals surface area contributed by atoms with Crippen molar-refractivity contribution in [1.29, 1.82) is 0 Å². The SMILES string of the molecule is CN=C(NCc1cnc(Cl)s1)NN(O)O. The van der Waals surface area contributed by atoms with Crippen molar-refractivity contribution in [3.05, 3.63) is 15.5 Å². The molecule has 15 heavy (non-hydrogen) atoms. The standard InChI is InChI=1S/C6H10ClN5O2S/c1-8-6(11-12(13)14)10-3-4-2-9-5(7)15-4/h2,13-14H,3H2,1H3,(H2,8,10,11). The Balaban J connectivity index is 2.41. The van der Waals surface area contributed by atoms with Gasteiger partial charge in [-0.2, -0.15) is 0 Å². The Hall–Kier alpha value is -0.930. The molecule has 84 valence electrons. The summed E-state index contributed by atoms with van der Waals surface area (Å²) in [5, 5.41) is 19.6. The van der Waals surface area contributed by atoms with Crippen molar-refractivity contribution in [2.24, 2.45) is 4.99 Å². The molecule has 1 rings (SSSR count). The summed E-state index contributed by atoms with van der Waals surface area (Å²) in [6, 6.07) is 0. The number of hydrogen-bond donors (Lipinski definition) is 4. The summed E-state index contributed by atoms with van der Waals surface area (Å²) in [5.41, 5.74) is 2.14. The van der Waals surface area contributed by atoms with Gasteiger partial charge >= 0.3 is 0 Å². The van der Waals surface area contributed by atoms with Crippen LogP contribution in [0.2, 0.25) is 4.47 Å². The van der Waals surface area contributed by atoms with E-state index in [-0.39, 0.29) is 11.3 Å². The topological polar surface area (TPSA) is 93.0 Å². The number of nitrogens with zero attached hydrogens (tertiary/aromatic N) is 3. The fraction of sp³-hybridized carbons (Fsp3) is 0.333. The van der Waals surface area contributed by atoms with Gasteiger partial charge in [0.25, 0.3) is 0 Å². The number of halogens is 1. The quantitative estimate of drug-likeness (QED) is 0.354. The van der Waals surface area contributed by atoms with Crippen molar-refractivity contribution in [1.82, 2.24) is 21.1 Å². The second-order valence-electron chi connectivity index (χ2n) is 2.41. The van der Waals surface area contributed by atoms with E-state index in [1.807, 2.05) is 0 Å². The van der Waals surface area contributed by atoms with Gasteiger partial charge < -0.3 is 5.32 Å². The molecule has 0 amide bonds. The van der Waals surface area contributed by atoms with Gasteiger partial charge in [-0.1, -0.05) is 11.6 Å². The van der Waals surface area contributed by atoms with Crippen molar-refractivity contribution in [2.45, 2.75) is 6.54 Å². The predicted molar refractivity (Wildman–Crippen MR) is 55.9 cm³/mol. The molecular weight excluding hydrogens is 242 g/mol. The van der Waals surface area contributed by atoms with Crippen molar-refractivity contribution in [3.63, 3.8) is 0 Å². The molecule has 0 unspecified atom stereocenters. The van der Waals surface area contributed by atoms with E-state index < -0.39 is 0 Å². The summed E-state index contributed by atoms with van der Waals surface area (Å²) < 4.78 is 0.459. The number of thiazole rings is 1. The number of hydrogen-bond acceptors (Lipinski definition) is 6. The summed E-state index contributed by atoms with van der Waals surface area (Å²) in [6.07, 6.45) is 1.63. The van der Waals surface area contributed by atoms with E-state index in [9.17, 15) is 0 Å². The molecule has 1 heterocycles. The van der Waals surface area contributed by atoms with Gasteiger partial charge in [-0.25, -0.2) is 10.4 Å². The molecule has 0 atom stereocenters. The minimum absolute atomic E-state index is 0.186. The van der Waals surface area contributed by atoms with E-state index in [1.54, 1.807) is 6.20 Å². The zero-order valence-electron chi connectivity index (χ0n) is 7.81. The molecule has 4 N–H and O–H groups in total. The molecule has 0 saturated carbocycles. The molecule has 0 aliphatic carbocycles. The van der Waals surface area contributed by atoms with Crippen LogP contribution in [0.15, 0.2) is 11.2 Å². The van der Waals surface area contributed by atoms with Crippen molar-refractivity contribution >= 4 is 28.9 Å². The maximum absolute atomic E-state index is 8.48. The van der Waals surface area contributed by atoms with Crippen LogP contribution in [0.5, 0.6) is 0 Å². The normalized spacial score (nSPS) is 11.9. The Morgan fingerprint density at radius 1 is 1.73 bits per heavy atom. The van der Waals surface area contributed by atoms with E-state index in [1.165, 1.54) is 18.4 Å². The molecule has 0 aliphatic rings. The summed E-state index contributed by atoms with van der Waals surface area (Å²) in [5.74, 6) is 0.213. The van der Waals surface area contributed by atoms with Crippen LogP contribution in [0, 0.1) is 0 Å². The van der Waals surface area contributed by atoms with Crippen molar-refractivity contribution < 1.29 is 10.4 Å². The average molecular weight is 252 g/mol. The Labute approximate surface area is 94.9 Å². The largest absolute Gasteiger partial charge is 0.350 e. The zero-order valence-corrected chi connectivity index (χ0v) is 9.38. The molecule has 0 fully saturated rings. The highest BCUT2D eigenvalue weighted by atomic mass is 35.5. The van der Waals surface area contributed by atoms with Crippen molar-refractivity contribution in [2.75, 3.05) is 7.05 Å². The van der Waals surface area contributed by atoms with Gasteiger partial charge in [0.15, 0.2) is 4.47 Å². The molecule has 0 radical (unpaired) electrons. The first kappa shape index (κ1) is 12.1. The lowest BCUT2D eigenvalue weighted by atomic mass is 10.5. The first-order chi connectivity index (χ1) is 7.11. The molecule has 0 spiro atoms. The monoisotopic (exact) mass is 251 g/mol. The van der Waals surface area contributed by atoms with Crippen LogP contribution in [0.1, 0.15) is 4.88 Å². The summed E-state index contributed by atoms with van der Waals surface area (Å²) in [6.45, 7) is 0.442. The van der Waals surface area contributed by atoms with Crippen LogP contribution in [0.3, 0.4) is 0 Å². The number of rotatable bonds is 3. The van der Waals surface area contributed by atoms with Crippen LogP contribution >= 0.6 is 22.9 Å². The highest BCUT2D eigenvalue weighted by molar-refractivity contribution is 7.15. The van der Waals surface area contributed by atoms with Crippen LogP contribution in [0.25, 0.3) is 0 Å². The van der Waals surface area contributed by atoms with Gasteiger partial charge in [0.2, 0.25) is 5.96 Å². The van der Waals surface area contributed by atoms with E-state index in [0.29, 0.717) is 11.0 Å². The molecule has 7 nitrogen and oxygen atoms in total. The lowest BCUT2D eigenvalue weighted by molar-refractivity contribution is -0.329. The third kappa shape index (κ3) is 4.40. The molecule has 0 saturated heterocycles. The first-order valence-electron chi connectivity index (χ1n) is 3.87.